The number of ether oxygens (including phenoxy) is 3. The molecule has 0 aromatic heterocycles. The summed E-state index contributed by atoms with van der Waals surface area (Å²) in [6, 6.07) is 16.9. The molecule has 2 N–H and O–H groups in total. The summed E-state index contributed by atoms with van der Waals surface area (Å²) in [5.41, 5.74) is -1.62. The van der Waals surface area contributed by atoms with E-state index in [4.69, 9.17) is 14.2 Å². The topological polar surface area (TPSA) is 177 Å². The van der Waals surface area contributed by atoms with Crippen molar-refractivity contribution < 1.29 is 50.8 Å². The van der Waals surface area contributed by atoms with Gasteiger partial charge in [0.2, 0.25) is 32.5 Å². The monoisotopic (exact) mass is 828 g/mol. The first-order chi connectivity index (χ1) is 26.9. The number of carbonyl (C=O) groups is 2. The summed E-state index contributed by atoms with van der Waals surface area (Å²) in [6.07, 6.45) is -0.984. The normalized spacial score (nSPS) is 34.4. The van der Waals surface area contributed by atoms with Crippen LogP contribution in [0.1, 0.15) is 77.3 Å². The maximum absolute atomic E-state index is 15.0. The van der Waals surface area contributed by atoms with Crippen molar-refractivity contribution in [1.29, 1.82) is 0 Å². The summed E-state index contributed by atoms with van der Waals surface area (Å²) < 4.78 is 80.1. The van der Waals surface area contributed by atoms with Crippen LogP contribution in [0.15, 0.2) is 60.7 Å². The average molecular weight is 829 g/mol. The number of benzene rings is 2. The van der Waals surface area contributed by atoms with E-state index < -0.39 is 90.7 Å². The Kier molecular flexibility index (Phi) is 10.3. The van der Waals surface area contributed by atoms with E-state index >= 15 is 16.8 Å². The van der Waals surface area contributed by atoms with Crippen molar-refractivity contribution in [3.63, 3.8) is 0 Å². The molecule has 8 rings (SSSR count). The number of hydrogen-bond acceptors (Lipinski definition) is 9. The van der Waals surface area contributed by atoms with E-state index in [1.165, 1.54) is 0 Å². The van der Waals surface area contributed by atoms with E-state index in [0.717, 1.165) is 25.7 Å². The second-order valence-electron chi connectivity index (χ2n) is 18.6. The van der Waals surface area contributed by atoms with Gasteiger partial charge in [-0.05, 0) is 84.2 Å². The van der Waals surface area contributed by atoms with Gasteiger partial charge in [-0.25, -0.2) is 26.4 Å². The molecule has 2 aliphatic heterocycles. The minimum absolute atomic E-state index is 0.190. The summed E-state index contributed by atoms with van der Waals surface area (Å²) >= 11 is 0. The fourth-order valence-corrected chi connectivity index (χ4v) is 17.5. The number of hydrogen-bond donors (Lipinski definition) is 2. The van der Waals surface area contributed by atoms with Crippen molar-refractivity contribution in [3.8, 4) is 0 Å². The summed E-state index contributed by atoms with van der Waals surface area (Å²) in [6.45, 7) is 8.41. The molecule has 4 saturated carbocycles. The van der Waals surface area contributed by atoms with Crippen molar-refractivity contribution in [1.82, 2.24) is 8.61 Å². The summed E-state index contributed by atoms with van der Waals surface area (Å²) in [7, 11) is -9.15. The number of rotatable bonds is 16. The molecule has 2 aromatic carbocycles. The smallest absolute Gasteiger partial charge is 0.349 e. The summed E-state index contributed by atoms with van der Waals surface area (Å²) in [4.78, 5) is 26.9. The molecule has 4 aliphatic carbocycles. The molecule has 13 nitrogen and oxygen atoms in total. The van der Waals surface area contributed by atoms with Crippen LogP contribution in [0.5, 0.6) is 0 Å². The number of aliphatic carboxylic acids is 2. The van der Waals surface area contributed by atoms with E-state index in [1.807, 2.05) is 0 Å². The molecule has 57 heavy (non-hydrogen) atoms. The quantitative estimate of drug-likeness (QED) is 0.214. The molecule has 312 valence electrons. The Labute approximate surface area is 336 Å². The van der Waals surface area contributed by atoms with Gasteiger partial charge in [0.25, 0.3) is 0 Å². The number of sulfonamides is 2. The maximum Gasteiger partial charge on any atom is 0.349 e. The standard InChI is InChI=1S/C42H56N2O11S2/c1-39(2)31-15-19-41(39,33-29(31)17-21-53-33)25-56(49,50)43(23-27-11-7-5-8-12-27)35(37(45)46)55-36(38(47)48)44(24-28-13-9-6-10-14-28)57(51,52)26-42-20-16-32(40(42,3)4)30-18-22-54-34(30)42/h5-14,29-36H,15-26H2,1-4H3,(H,45,46)(H,47,48)/t29-,30+,31?,32?,33-,34+,35+,36-,41-,42-/m0/s1. The summed E-state index contributed by atoms with van der Waals surface area (Å²) in [5.74, 6) is -3.54. The van der Waals surface area contributed by atoms with Gasteiger partial charge in [0.1, 0.15) is 0 Å². The number of carboxylic acids is 2. The first kappa shape index (κ1) is 40.8. The number of carboxylic acid groups (broad SMARTS) is 2. The minimum Gasteiger partial charge on any atom is -0.478 e. The largest absolute Gasteiger partial charge is 0.478 e. The van der Waals surface area contributed by atoms with Crippen LogP contribution in [0.3, 0.4) is 0 Å². The third kappa shape index (κ3) is 6.40. The van der Waals surface area contributed by atoms with Crippen molar-refractivity contribution in [2.24, 2.45) is 45.3 Å². The van der Waals surface area contributed by atoms with E-state index in [1.54, 1.807) is 60.7 Å². The Balaban J connectivity index is 1.18. The highest BCUT2D eigenvalue weighted by Crippen LogP contribution is 2.72. The molecule has 2 aromatic rings. The van der Waals surface area contributed by atoms with Gasteiger partial charge in [0.05, 0.1) is 23.7 Å². The van der Waals surface area contributed by atoms with Crippen molar-refractivity contribution in [2.45, 2.75) is 104 Å². The number of fused-ring (bicyclic) bond motifs is 10. The zero-order chi connectivity index (χ0) is 40.8. The van der Waals surface area contributed by atoms with Crippen LogP contribution in [0.25, 0.3) is 0 Å². The van der Waals surface area contributed by atoms with E-state index in [0.29, 0.717) is 45.8 Å². The molecular formula is C42H56N2O11S2. The zero-order valence-corrected chi connectivity index (χ0v) is 34.8. The van der Waals surface area contributed by atoms with Gasteiger partial charge in [-0.15, -0.1) is 0 Å². The van der Waals surface area contributed by atoms with Crippen LogP contribution < -0.4 is 0 Å². The Morgan fingerprint density at radius 3 is 1.39 bits per heavy atom. The molecule has 2 heterocycles. The van der Waals surface area contributed by atoms with Gasteiger partial charge in [0, 0.05) is 37.1 Å². The van der Waals surface area contributed by atoms with E-state index in [2.05, 4.69) is 27.7 Å². The SMILES string of the molecule is CC1(C)C2CC[C@]1(CS(=O)(=O)N(Cc1ccccc1)[C@@H](O[C@H](C(=O)O)N(Cc1ccccc1)S(=O)(=O)C[C@@]13CCC([C@@H]4CCO[C@@H]41)C3(C)C)C(=O)O)[C@@H]1OCC[C@H]21. The van der Waals surface area contributed by atoms with Crippen molar-refractivity contribution in [3.05, 3.63) is 71.8 Å². The molecule has 6 aliphatic rings. The van der Waals surface area contributed by atoms with Crippen molar-refractivity contribution >= 4 is 32.0 Å². The second kappa shape index (κ2) is 14.4. The Morgan fingerprint density at radius 1 is 0.667 bits per heavy atom. The first-order valence-electron chi connectivity index (χ1n) is 20.3. The molecule has 6 fully saturated rings. The number of nitrogens with zero attached hydrogens (tertiary/aromatic N) is 2. The van der Waals surface area contributed by atoms with Crippen LogP contribution >= 0.6 is 0 Å². The van der Waals surface area contributed by atoms with Crippen LogP contribution in [0, 0.1) is 45.3 Å². The Hall–Kier alpha value is -2.92. The lowest BCUT2D eigenvalue weighted by Crippen LogP contribution is -2.57. The van der Waals surface area contributed by atoms with Gasteiger partial charge in [0.15, 0.2) is 0 Å². The lowest BCUT2D eigenvalue weighted by atomic mass is 9.69. The molecule has 10 atom stereocenters. The minimum atomic E-state index is -4.58. The van der Waals surface area contributed by atoms with Gasteiger partial charge in [-0.2, -0.15) is 8.61 Å². The third-order valence-electron chi connectivity index (χ3n) is 15.8. The highest BCUT2D eigenvalue weighted by atomic mass is 32.2. The van der Waals surface area contributed by atoms with Crippen LogP contribution in [-0.2, 0) is 56.9 Å². The molecule has 2 saturated heterocycles. The summed E-state index contributed by atoms with van der Waals surface area (Å²) in [5, 5.41) is 21.8. The first-order valence-corrected chi connectivity index (χ1v) is 23.5. The average Bonchev–Trinajstić information content (AvgIpc) is 3.97. The van der Waals surface area contributed by atoms with E-state index in [-0.39, 0.29) is 35.9 Å². The highest BCUT2D eigenvalue weighted by molar-refractivity contribution is 7.89. The molecule has 0 spiro atoms. The fraction of sp³-hybridized carbons (Fsp3) is 0.667. The lowest BCUT2D eigenvalue weighted by Gasteiger charge is -2.44. The maximum atomic E-state index is 15.0. The Morgan fingerprint density at radius 2 is 1.04 bits per heavy atom. The van der Waals surface area contributed by atoms with Gasteiger partial charge in [-0.3, -0.25) is 0 Å². The lowest BCUT2D eigenvalue weighted by molar-refractivity contribution is -0.186. The predicted molar refractivity (Wildman–Crippen MR) is 209 cm³/mol. The van der Waals surface area contributed by atoms with Crippen molar-refractivity contribution in [2.75, 3.05) is 24.7 Å². The molecule has 4 bridgehead atoms. The van der Waals surface area contributed by atoms with E-state index in [9.17, 15) is 19.8 Å². The molecule has 0 amide bonds. The third-order valence-corrected chi connectivity index (χ3v) is 19.6. The van der Waals surface area contributed by atoms with Crippen LogP contribution in [-0.4, -0.2) is 97.0 Å². The highest BCUT2D eigenvalue weighted by Gasteiger charge is 2.72. The molecular weight excluding hydrogens is 773 g/mol. The molecule has 0 radical (unpaired) electrons. The van der Waals surface area contributed by atoms with Gasteiger partial charge >= 0.3 is 11.9 Å². The van der Waals surface area contributed by atoms with Gasteiger partial charge < -0.3 is 24.4 Å². The fourth-order valence-electron chi connectivity index (χ4n) is 12.9. The van der Waals surface area contributed by atoms with Gasteiger partial charge in [-0.1, -0.05) is 88.4 Å². The predicted octanol–water partition coefficient (Wildman–Crippen LogP) is 5.17. The zero-order valence-electron chi connectivity index (χ0n) is 33.2. The molecule has 2 unspecified atom stereocenters. The van der Waals surface area contributed by atoms with Crippen LogP contribution in [0.4, 0.5) is 0 Å². The molecule has 15 heteroatoms. The second-order valence-corrected chi connectivity index (χ2v) is 22.5. The van der Waals surface area contributed by atoms with Crippen LogP contribution in [0.2, 0.25) is 0 Å². The Bertz CT molecular complexity index is 1930.